The summed E-state index contributed by atoms with van der Waals surface area (Å²) >= 11 is 0. The second-order valence-electron chi connectivity index (χ2n) is 5.41. The number of aromatic hydroxyl groups is 1. The molecule has 1 aliphatic carbocycles. The summed E-state index contributed by atoms with van der Waals surface area (Å²) in [5, 5.41) is 9.74. The van der Waals surface area contributed by atoms with Crippen LogP contribution in [0.3, 0.4) is 0 Å². The van der Waals surface area contributed by atoms with Gasteiger partial charge in [0.2, 0.25) is 10.0 Å². The average Bonchev–Trinajstić information content (AvgIpc) is 2.38. The van der Waals surface area contributed by atoms with Crippen LogP contribution >= 0.6 is 0 Å². The van der Waals surface area contributed by atoms with Gasteiger partial charge in [0.1, 0.15) is 10.6 Å². The highest BCUT2D eigenvalue weighted by atomic mass is 32.2. The van der Waals surface area contributed by atoms with Gasteiger partial charge >= 0.3 is 0 Å². The molecule has 1 aliphatic rings. The van der Waals surface area contributed by atoms with Crippen molar-refractivity contribution < 1.29 is 13.5 Å². The van der Waals surface area contributed by atoms with Gasteiger partial charge in [0.05, 0.1) is 0 Å². The van der Waals surface area contributed by atoms with E-state index >= 15 is 0 Å². The molecule has 19 heavy (non-hydrogen) atoms. The maximum Gasteiger partial charge on any atom is 0.246 e. The van der Waals surface area contributed by atoms with Crippen LogP contribution in [0.4, 0.5) is 0 Å². The average molecular weight is 283 g/mol. The molecule has 0 heterocycles. The molecule has 1 aromatic carbocycles. The summed E-state index contributed by atoms with van der Waals surface area (Å²) in [4.78, 5) is -0.00396. The fourth-order valence-corrected chi connectivity index (χ4v) is 4.24. The summed E-state index contributed by atoms with van der Waals surface area (Å²) in [6.45, 7) is 2.16. The number of phenolic OH excluding ortho intramolecular Hbond substituents is 1. The lowest BCUT2D eigenvalue weighted by molar-refractivity contribution is 0.238. The molecule has 4 nitrogen and oxygen atoms in total. The molecular formula is C14H21NO3S. The molecule has 0 spiro atoms. The standard InChI is InChI=1S/C14H21NO3S/c1-11-6-5-7-12(10-11)15(2)19(17,18)14-9-4-3-8-13(14)16/h3-4,8-9,11-12,16H,5-7,10H2,1-2H3. The maximum atomic E-state index is 12.5. The van der Waals surface area contributed by atoms with Crippen molar-refractivity contribution in [2.24, 2.45) is 5.92 Å². The first kappa shape index (κ1) is 14.3. The fraction of sp³-hybridized carbons (Fsp3) is 0.571. The Bertz CT molecular complexity index is 541. The Kier molecular flexibility index (Phi) is 4.16. The molecule has 0 radical (unpaired) electrons. The third kappa shape index (κ3) is 2.92. The number of phenols is 1. The lowest BCUT2D eigenvalue weighted by Gasteiger charge is -2.33. The predicted molar refractivity (Wildman–Crippen MR) is 74.5 cm³/mol. The van der Waals surface area contributed by atoms with E-state index in [1.807, 2.05) is 0 Å². The van der Waals surface area contributed by atoms with Gasteiger partial charge in [-0.05, 0) is 30.9 Å². The van der Waals surface area contributed by atoms with Gasteiger partial charge in [-0.1, -0.05) is 31.9 Å². The summed E-state index contributed by atoms with van der Waals surface area (Å²) < 4.78 is 26.5. The van der Waals surface area contributed by atoms with Crippen molar-refractivity contribution in [3.8, 4) is 5.75 Å². The van der Waals surface area contributed by atoms with Crippen LogP contribution < -0.4 is 0 Å². The Balaban J connectivity index is 2.27. The van der Waals surface area contributed by atoms with E-state index in [0.29, 0.717) is 5.92 Å². The summed E-state index contributed by atoms with van der Waals surface area (Å²) in [7, 11) is -1.99. The van der Waals surface area contributed by atoms with Gasteiger partial charge < -0.3 is 5.11 Å². The third-order valence-corrected chi connectivity index (χ3v) is 5.90. The number of para-hydroxylation sites is 1. The molecular weight excluding hydrogens is 262 g/mol. The highest BCUT2D eigenvalue weighted by Gasteiger charge is 2.32. The molecule has 0 amide bonds. The second-order valence-corrected chi connectivity index (χ2v) is 7.38. The van der Waals surface area contributed by atoms with Crippen LogP contribution in [0.15, 0.2) is 29.2 Å². The minimum absolute atomic E-state index is 0.00396. The summed E-state index contributed by atoms with van der Waals surface area (Å²) in [5.41, 5.74) is 0. The SMILES string of the molecule is CC1CCCC(N(C)S(=O)(=O)c2ccccc2O)C1. The monoisotopic (exact) mass is 283 g/mol. The van der Waals surface area contributed by atoms with Crippen LogP contribution in [0.5, 0.6) is 5.75 Å². The molecule has 1 aromatic rings. The molecule has 0 bridgehead atoms. The van der Waals surface area contributed by atoms with Crippen LogP contribution in [0.25, 0.3) is 0 Å². The van der Waals surface area contributed by atoms with Gasteiger partial charge in [0.25, 0.3) is 0 Å². The van der Waals surface area contributed by atoms with Gasteiger partial charge in [0.15, 0.2) is 0 Å². The van der Waals surface area contributed by atoms with Crippen LogP contribution in [0.2, 0.25) is 0 Å². The number of hydrogen-bond donors (Lipinski definition) is 1. The molecule has 2 atom stereocenters. The number of sulfonamides is 1. The number of hydrogen-bond acceptors (Lipinski definition) is 3. The van der Waals surface area contributed by atoms with E-state index in [1.165, 1.54) is 22.9 Å². The lowest BCUT2D eigenvalue weighted by Crippen LogP contribution is -2.39. The van der Waals surface area contributed by atoms with Crippen molar-refractivity contribution in [3.05, 3.63) is 24.3 Å². The van der Waals surface area contributed by atoms with Gasteiger partial charge in [-0.2, -0.15) is 4.31 Å². The van der Waals surface area contributed by atoms with E-state index in [2.05, 4.69) is 6.92 Å². The Morgan fingerprint density at radius 2 is 1.95 bits per heavy atom. The topological polar surface area (TPSA) is 57.6 Å². The maximum absolute atomic E-state index is 12.5. The zero-order valence-corrected chi connectivity index (χ0v) is 12.2. The van der Waals surface area contributed by atoms with Gasteiger partial charge in [0, 0.05) is 13.1 Å². The van der Waals surface area contributed by atoms with E-state index in [9.17, 15) is 13.5 Å². The molecule has 2 rings (SSSR count). The van der Waals surface area contributed by atoms with Crippen molar-refractivity contribution in [3.63, 3.8) is 0 Å². The minimum Gasteiger partial charge on any atom is -0.507 e. The highest BCUT2D eigenvalue weighted by Crippen LogP contribution is 2.32. The van der Waals surface area contributed by atoms with E-state index in [1.54, 1.807) is 19.2 Å². The fourth-order valence-electron chi connectivity index (χ4n) is 2.76. The van der Waals surface area contributed by atoms with Crippen molar-refractivity contribution in [2.75, 3.05) is 7.05 Å². The molecule has 0 aromatic heterocycles. The zero-order valence-electron chi connectivity index (χ0n) is 11.4. The van der Waals surface area contributed by atoms with Gasteiger partial charge in [-0.15, -0.1) is 0 Å². The van der Waals surface area contributed by atoms with Crippen LogP contribution in [0, 0.1) is 5.92 Å². The Morgan fingerprint density at radius 1 is 1.26 bits per heavy atom. The smallest absolute Gasteiger partial charge is 0.246 e. The van der Waals surface area contributed by atoms with Crippen molar-refractivity contribution in [1.82, 2.24) is 4.31 Å². The largest absolute Gasteiger partial charge is 0.507 e. The molecule has 2 unspecified atom stereocenters. The first-order chi connectivity index (χ1) is 8.93. The number of benzene rings is 1. The Hall–Kier alpha value is -1.07. The molecule has 1 N–H and O–H groups in total. The molecule has 1 fully saturated rings. The van der Waals surface area contributed by atoms with Crippen LogP contribution in [-0.2, 0) is 10.0 Å². The first-order valence-corrected chi connectivity index (χ1v) is 8.13. The second kappa shape index (κ2) is 5.51. The Labute approximate surface area is 115 Å². The predicted octanol–water partition coefficient (Wildman–Crippen LogP) is 2.59. The summed E-state index contributed by atoms with van der Waals surface area (Å²) in [6, 6.07) is 6.15. The van der Waals surface area contributed by atoms with E-state index in [4.69, 9.17) is 0 Å². The number of rotatable bonds is 3. The molecule has 0 aliphatic heterocycles. The molecule has 1 saturated carbocycles. The molecule has 5 heteroatoms. The lowest BCUT2D eigenvalue weighted by atomic mass is 9.87. The zero-order chi connectivity index (χ0) is 14.0. The van der Waals surface area contributed by atoms with Crippen molar-refractivity contribution in [2.45, 2.75) is 43.5 Å². The van der Waals surface area contributed by atoms with Crippen LogP contribution in [0.1, 0.15) is 32.6 Å². The van der Waals surface area contributed by atoms with Crippen molar-refractivity contribution >= 4 is 10.0 Å². The van der Waals surface area contributed by atoms with E-state index < -0.39 is 10.0 Å². The first-order valence-electron chi connectivity index (χ1n) is 6.69. The summed E-state index contributed by atoms with van der Waals surface area (Å²) in [5.74, 6) is 0.374. The Morgan fingerprint density at radius 3 is 2.58 bits per heavy atom. The van der Waals surface area contributed by atoms with Gasteiger partial charge in [-0.3, -0.25) is 0 Å². The van der Waals surface area contributed by atoms with Gasteiger partial charge in [-0.25, -0.2) is 8.42 Å². The number of nitrogens with zero attached hydrogens (tertiary/aromatic N) is 1. The van der Waals surface area contributed by atoms with Crippen molar-refractivity contribution in [1.29, 1.82) is 0 Å². The van der Waals surface area contributed by atoms with E-state index in [0.717, 1.165) is 19.3 Å². The summed E-state index contributed by atoms with van der Waals surface area (Å²) in [6.07, 6.45) is 4.02. The third-order valence-electron chi connectivity index (χ3n) is 3.95. The molecule has 106 valence electrons. The normalized spacial score (nSPS) is 24.6. The molecule has 0 saturated heterocycles. The quantitative estimate of drug-likeness (QED) is 0.927. The highest BCUT2D eigenvalue weighted by molar-refractivity contribution is 7.89. The minimum atomic E-state index is -3.61. The van der Waals surface area contributed by atoms with Crippen LogP contribution in [-0.4, -0.2) is 30.9 Å². The van der Waals surface area contributed by atoms with E-state index in [-0.39, 0.29) is 16.7 Å².